The van der Waals surface area contributed by atoms with Gasteiger partial charge < -0.3 is 14.7 Å². The van der Waals surface area contributed by atoms with Crippen LogP contribution in [0.25, 0.3) is 0 Å². The zero-order valence-corrected chi connectivity index (χ0v) is 16.5. The van der Waals surface area contributed by atoms with Gasteiger partial charge in [0.25, 0.3) is 0 Å². The number of benzene rings is 1. The molecule has 0 aliphatic carbocycles. The molecule has 2 aliphatic rings. The molecule has 1 aromatic carbocycles. The van der Waals surface area contributed by atoms with Crippen molar-refractivity contribution in [3.05, 3.63) is 29.3 Å². The van der Waals surface area contributed by atoms with Gasteiger partial charge in [0.05, 0.1) is 7.11 Å². The van der Waals surface area contributed by atoms with Crippen molar-refractivity contribution in [2.75, 3.05) is 26.7 Å². The number of methoxy groups -OCH3 is 1. The van der Waals surface area contributed by atoms with Crippen molar-refractivity contribution in [3.63, 3.8) is 0 Å². The highest BCUT2D eigenvalue weighted by molar-refractivity contribution is 5.84. The minimum Gasteiger partial charge on any atom is -0.496 e. The molecule has 1 N–H and O–H groups in total. The Kier molecular flexibility index (Phi) is 5.75. The smallest absolute Gasteiger partial charge is 0.326 e. The first-order chi connectivity index (χ1) is 12.8. The molecule has 0 unspecified atom stereocenters. The number of hydrogen-bond acceptors (Lipinski definition) is 4. The SMILES string of the molecule is COc1cc(C)ccc1CN1CCC2(CCC(=O)N([C@@H](C)C(=O)O)C2)CC1. The van der Waals surface area contributed by atoms with Crippen LogP contribution in [-0.4, -0.2) is 59.6 Å². The molecule has 1 aromatic rings. The molecular weight excluding hydrogens is 344 g/mol. The monoisotopic (exact) mass is 374 g/mol. The Morgan fingerprint density at radius 3 is 2.63 bits per heavy atom. The summed E-state index contributed by atoms with van der Waals surface area (Å²) in [6.45, 7) is 7.01. The Balaban J connectivity index is 1.63. The number of aliphatic carboxylic acids is 1. The number of carboxylic acid groups (broad SMARTS) is 1. The van der Waals surface area contributed by atoms with E-state index in [1.807, 2.05) is 0 Å². The average molecular weight is 374 g/mol. The summed E-state index contributed by atoms with van der Waals surface area (Å²) in [5.74, 6) is -0.0216. The number of piperidine rings is 2. The molecule has 2 aliphatic heterocycles. The van der Waals surface area contributed by atoms with E-state index < -0.39 is 12.0 Å². The van der Waals surface area contributed by atoms with E-state index in [4.69, 9.17) is 4.74 Å². The van der Waals surface area contributed by atoms with Gasteiger partial charge in [-0.1, -0.05) is 12.1 Å². The third-order valence-corrected chi connectivity index (χ3v) is 6.27. The maximum atomic E-state index is 12.2. The van der Waals surface area contributed by atoms with E-state index >= 15 is 0 Å². The first-order valence-corrected chi connectivity index (χ1v) is 9.72. The summed E-state index contributed by atoms with van der Waals surface area (Å²) in [5, 5.41) is 9.30. The summed E-state index contributed by atoms with van der Waals surface area (Å²) in [4.78, 5) is 27.6. The number of nitrogens with zero attached hydrogens (tertiary/aromatic N) is 2. The van der Waals surface area contributed by atoms with Gasteiger partial charge in [-0.15, -0.1) is 0 Å². The Morgan fingerprint density at radius 1 is 1.30 bits per heavy atom. The van der Waals surface area contributed by atoms with Gasteiger partial charge in [0.2, 0.25) is 5.91 Å². The lowest BCUT2D eigenvalue weighted by atomic mass is 9.72. The highest BCUT2D eigenvalue weighted by Gasteiger charge is 2.43. The fourth-order valence-electron chi connectivity index (χ4n) is 4.35. The first-order valence-electron chi connectivity index (χ1n) is 9.72. The number of ether oxygens (including phenoxy) is 1. The van der Waals surface area contributed by atoms with E-state index in [0.717, 1.165) is 44.6 Å². The number of carboxylic acids is 1. The molecular formula is C21H30N2O4. The molecule has 6 heteroatoms. The van der Waals surface area contributed by atoms with Crippen molar-refractivity contribution in [1.82, 2.24) is 9.80 Å². The van der Waals surface area contributed by atoms with E-state index in [1.165, 1.54) is 11.1 Å². The molecule has 27 heavy (non-hydrogen) atoms. The Labute approximate surface area is 161 Å². The molecule has 1 atom stereocenters. The standard InChI is InChI=1S/C21H30N2O4/c1-15-4-5-17(18(12-15)27-3)13-22-10-8-21(9-11-22)7-6-19(24)23(14-21)16(2)20(25)26/h4-5,12,16H,6-11,13-14H2,1-3H3,(H,25,26)/t16-/m0/s1. The number of likely N-dealkylation sites (tertiary alicyclic amines) is 2. The Bertz CT molecular complexity index is 710. The number of carbonyl (C=O) groups excluding carboxylic acids is 1. The lowest BCUT2D eigenvalue weighted by molar-refractivity contribution is -0.155. The van der Waals surface area contributed by atoms with Crippen molar-refractivity contribution in [2.24, 2.45) is 5.41 Å². The molecule has 0 aromatic heterocycles. The van der Waals surface area contributed by atoms with Crippen molar-refractivity contribution in [3.8, 4) is 5.75 Å². The van der Waals surface area contributed by atoms with Crippen molar-refractivity contribution >= 4 is 11.9 Å². The van der Waals surface area contributed by atoms with Crippen molar-refractivity contribution in [1.29, 1.82) is 0 Å². The first kappa shape index (κ1) is 19.7. The van der Waals surface area contributed by atoms with Crippen LogP contribution in [0, 0.1) is 12.3 Å². The molecule has 0 radical (unpaired) electrons. The van der Waals surface area contributed by atoms with Crippen LogP contribution >= 0.6 is 0 Å². The summed E-state index contributed by atoms with van der Waals surface area (Å²) in [6.07, 6.45) is 3.33. The average Bonchev–Trinajstić information content (AvgIpc) is 2.66. The van der Waals surface area contributed by atoms with Crippen LogP contribution in [0.4, 0.5) is 0 Å². The van der Waals surface area contributed by atoms with Gasteiger partial charge in [0.15, 0.2) is 0 Å². The fourth-order valence-corrected chi connectivity index (χ4v) is 4.35. The molecule has 1 spiro atoms. The number of rotatable bonds is 5. The third kappa shape index (κ3) is 4.26. The Hall–Kier alpha value is -2.08. The molecule has 2 heterocycles. The van der Waals surface area contributed by atoms with Gasteiger partial charge in [-0.3, -0.25) is 9.69 Å². The minimum atomic E-state index is -0.927. The summed E-state index contributed by atoms with van der Waals surface area (Å²) in [7, 11) is 1.71. The zero-order valence-electron chi connectivity index (χ0n) is 16.5. The molecule has 0 bridgehead atoms. The molecule has 0 saturated carbocycles. The van der Waals surface area contributed by atoms with Gasteiger partial charge in [0.1, 0.15) is 11.8 Å². The highest BCUT2D eigenvalue weighted by atomic mass is 16.5. The van der Waals surface area contributed by atoms with Crippen LogP contribution in [0.5, 0.6) is 5.75 Å². The summed E-state index contributed by atoms with van der Waals surface area (Å²) in [6, 6.07) is 5.57. The van der Waals surface area contributed by atoms with E-state index in [-0.39, 0.29) is 11.3 Å². The van der Waals surface area contributed by atoms with Gasteiger partial charge in [-0.05, 0) is 63.2 Å². The van der Waals surface area contributed by atoms with Crippen LogP contribution in [0.15, 0.2) is 18.2 Å². The molecule has 148 valence electrons. The number of aryl methyl sites for hydroxylation is 1. The maximum absolute atomic E-state index is 12.2. The second-order valence-corrected chi connectivity index (χ2v) is 8.13. The minimum absolute atomic E-state index is 0.0256. The van der Waals surface area contributed by atoms with Crippen molar-refractivity contribution < 1.29 is 19.4 Å². The van der Waals surface area contributed by atoms with Gasteiger partial charge in [-0.2, -0.15) is 0 Å². The number of carbonyl (C=O) groups is 2. The molecule has 2 saturated heterocycles. The second-order valence-electron chi connectivity index (χ2n) is 8.13. The van der Waals surface area contributed by atoms with E-state index in [0.29, 0.717) is 13.0 Å². The molecule has 3 rings (SSSR count). The quantitative estimate of drug-likeness (QED) is 0.858. The summed E-state index contributed by atoms with van der Waals surface area (Å²) >= 11 is 0. The van der Waals surface area contributed by atoms with Gasteiger partial charge >= 0.3 is 5.97 Å². The van der Waals surface area contributed by atoms with Gasteiger partial charge in [0, 0.05) is 25.1 Å². The topological polar surface area (TPSA) is 70.1 Å². The van der Waals surface area contributed by atoms with E-state index in [1.54, 1.807) is 18.9 Å². The van der Waals surface area contributed by atoms with Crippen LogP contribution in [-0.2, 0) is 16.1 Å². The summed E-state index contributed by atoms with van der Waals surface area (Å²) in [5.41, 5.74) is 2.44. The van der Waals surface area contributed by atoms with Crippen LogP contribution < -0.4 is 4.74 Å². The van der Waals surface area contributed by atoms with E-state index in [2.05, 4.69) is 30.0 Å². The largest absolute Gasteiger partial charge is 0.496 e. The molecule has 1 amide bonds. The highest BCUT2D eigenvalue weighted by Crippen LogP contribution is 2.41. The van der Waals surface area contributed by atoms with E-state index in [9.17, 15) is 14.7 Å². The third-order valence-electron chi connectivity index (χ3n) is 6.27. The predicted octanol–water partition coefficient (Wildman–Crippen LogP) is 2.68. The lowest BCUT2D eigenvalue weighted by Crippen LogP contribution is -2.55. The molecule has 2 fully saturated rings. The Morgan fingerprint density at radius 2 is 2.00 bits per heavy atom. The fraction of sp³-hybridized carbons (Fsp3) is 0.619. The molecule has 6 nitrogen and oxygen atoms in total. The summed E-state index contributed by atoms with van der Waals surface area (Å²) < 4.78 is 5.53. The van der Waals surface area contributed by atoms with Crippen molar-refractivity contribution in [2.45, 2.75) is 52.1 Å². The predicted molar refractivity (Wildman–Crippen MR) is 103 cm³/mol. The van der Waals surface area contributed by atoms with Crippen LogP contribution in [0.3, 0.4) is 0 Å². The van der Waals surface area contributed by atoms with Crippen LogP contribution in [0.1, 0.15) is 43.7 Å². The zero-order chi connectivity index (χ0) is 19.6. The second kappa shape index (κ2) is 7.89. The lowest BCUT2D eigenvalue weighted by Gasteiger charge is -2.48. The number of hydrogen-bond donors (Lipinski definition) is 1. The maximum Gasteiger partial charge on any atom is 0.326 e. The van der Waals surface area contributed by atoms with Gasteiger partial charge in [-0.25, -0.2) is 4.79 Å². The number of amides is 1. The van der Waals surface area contributed by atoms with Crippen LogP contribution in [0.2, 0.25) is 0 Å². The normalized spacial score (nSPS) is 21.3.